The number of aliphatic imine (C=N–C) groups is 2. The van der Waals surface area contributed by atoms with Crippen molar-refractivity contribution in [2.75, 3.05) is 0 Å². The molecule has 1 aliphatic heterocycles. The average Bonchev–Trinajstić information content (AvgIpc) is 2.09. The first kappa shape index (κ1) is 10.1. The Kier molecular flexibility index (Phi) is 2.93. The fourth-order valence-corrected chi connectivity index (χ4v) is 1.15. The Morgan fingerprint density at radius 1 is 1.54 bits per heavy atom. The van der Waals surface area contributed by atoms with E-state index in [4.69, 9.17) is 4.74 Å². The van der Waals surface area contributed by atoms with E-state index in [2.05, 4.69) is 9.98 Å². The molecule has 0 bridgehead atoms. The van der Waals surface area contributed by atoms with E-state index in [0.29, 0.717) is 0 Å². The van der Waals surface area contributed by atoms with E-state index in [9.17, 15) is 4.39 Å². The molecule has 1 unspecified atom stereocenters. The number of halogens is 1. The molecule has 4 heteroatoms. The van der Waals surface area contributed by atoms with Gasteiger partial charge in [0.25, 0.3) is 0 Å². The Labute approximate surface area is 77.0 Å². The number of hydrogen-bond donors (Lipinski definition) is 0. The van der Waals surface area contributed by atoms with Crippen molar-refractivity contribution in [2.24, 2.45) is 9.98 Å². The quantitative estimate of drug-likeness (QED) is 0.605. The topological polar surface area (TPSA) is 34.0 Å². The second kappa shape index (κ2) is 3.79. The minimum absolute atomic E-state index is 0.0126. The van der Waals surface area contributed by atoms with Gasteiger partial charge in [-0.25, -0.2) is 9.98 Å². The summed E-state index contributed by atoms with van der Waals surface area (Å²) in [6, 6.07) is 0. The summed E-state index contributed by atoms with van der Waals surface area (Å²) in [5.74, 6) is -0.569. The molecule has 1 rings (SSSR count). The largest absolute Gasteiger partial charge is 0.363 e. The Morgan fingerprint density at radius 2 is 2.23 bits per heavy atom. The van der Waals surface area contributed by atoms with Crippen LogP contribution in [0.4, 0.5) is 4.39 Å². The van der Waals surface area contributed by atoms with Crippen molar-refractivity contribution in [3.05, 3.63) is 12.0 Å². The van der Waals surface area contributed by atoms with E-state index in [1.165, 1.54) is 18.6 Å². The Hall–Kier alpha value is -1.03. The van der Waals surface area contributed by atoms with Crippen LogP contribution < -0.4 is 0 Å². The van der Waals surface area contributed by atoms with Crippen LogP contribution in [0.2, 0.25) is 0 Å². The van der Waals surface area contributed by atoms with Crippen LogP contribution in [0.15, 0.2) is 22.0 Å². The minimum Gasteiger partial charge on any atom is -0.363 e. The molecule has 1 atom stereocenters. The van der Waals surface area contributed by atoms with Gasteiger partial charge in [0.05, 0.1) is 6.10 Å². The lowest BCUT2D eigenvalue weighted by atomic mass is 10.1. The van der Waals surface area contributed by atoms with Crippen LogP contribution in [0.5, 0.6) is 0 Å². The normalized spacial score (nSPS) is 27.6. The number of nitrogens with zero attached hydrogens (tertiary/aromatic N) is 2. The molecule has 0 aromatic carbocycles. The smallest absolute Gasteiger partial charge is 0.213 e. The molecule has 72 valence electrons. The predicted molar refractivity (Wildman–Crippen MR) is 50.8 cm³/mol. The minimum atomic E-state index is -0.797. The summed E-state index contributed by atoms with van der Waals surface area (Å²) >= 11 is 0. The van der Waals surface area contributed by atoms with Gasteiger partial charge in [0.2, 0.25) is 5.95 Å². The van der Waals surface area contributed by atoms with Crippen molar-refractivity contribution >= 4 is 12.6 Å². The van der Waals surface area contributed by atoms with Gasteiger partial charge >= 0.3 is 0 Å². The molecule has 0 spiro atoms. The van der Waals surface area contributed by atoms with Crippen LogP contribution in [0.25, 0.3) is 0 Å². The first-order valence-electron chi connectivity index (χ1n) is 4.15. The highest BCUT2D eigenvalue weighted by Crippen LogP contribution is 2.17. The van der Waals surface area contributed by atoms with Crippen molar-refractivity contribution in [1.29, 1.82) is 0 Å². The number of hydrogen-bond acceptors (Lipinski definition) is 3. The Morgan fingerprint density at radius 3 is 2.85 bits per heavy atom. The fourth-order valence-electron chi connectivity index (χ4n) is 1.15. The van der Waals surface area contributed by atoms with Gasteiger partial charge in [-0.1, -0.05) is 0 Å². The molecule has 0 N–H and O–H groups in total. The van der Waals surface area contributed by atoms with Gasteiger partial charge < -0.3 is 4.74 Å². The van der Waals surface area contributed by atoms with Crippen molar-refractivity contribution in [3.8, 4) is 0 Å². The molecule has 0 fully saturated rings. The molecule has 3 nitrogen and oxygen atoms in total. The lowest BCUT2D eigenvalue weighted by Gasteiger charge is -2.23. The lowest BCUT2D eigenvalue weighted by molar-refractivity contribution is 0.0112. The van der Waals surface area contributed by atoms with Crippen molar-refractivity contribution < 1.29 is 9.13 Å². The van der Waals surface area contributed by atoms with Crippen LogP contribution in [-0.2, 0) is 4.74 Å². The summed E-state index contributed by atoms with van der Waals surface area (Å²) in [7, 11) is 0. The van der Waals surface area contributed by atoms with E-state index in [1.54, 1.807) is 6.92 Å². The van der Waals surface area contributed by atoms with Gasteiger partial charge in [-0.2, -0.15) is 4.39 Å². The Bertz CT molecular complexity index is 271. The highest BCUT2D eigenvalue weighted by atomic mass is 19.1. The van der Waals surface area contributed by atoms with Gasteiger partial charge in [-0.05, 0) is 20.8 Å². The van der Waals surface area contributed by atoms with Gasteiger partial charge in [0.15, 0.2) is 0 Å². The number of ether oxygens (including phenoxy) is 1. The summed E-state index contributed by atoms with van der Waals surface area (Å²) in [5.41, 5.74) is -0.797. The highest BCUT2D eigenvalue weighted by molar-refractivity contribution is 5.81. The molecule has 0 amide bonds. The Balaban J connectivity index is 2.83. The summed E-state index contributed by atoms with van der Waals surface area (Å²) in [5, 5.41) is 0. The SMILES string of the molecule is CC(C)OC1(C)C=NC=NC(F)=C1. The third-order valence-corrected chi connectivity index (χ3v) is 1.47. The molecule has 0 radical (unpaired) electrons. The zero-order valence-electron chi connectivity index (χ0n) is 7.99. The summed E-state index contributed by atoms with van der Waals surface area (Å²) < 4.78 is 18.4. The fraction of sp³-hybridized carbons (Fsp3) is 0.556. The third kappa shape index (κ3) is 3.06. The van der Waals surface area contributed by atoms with Crippen LogP contribution in [0.3, 0.4) is 0 Å². The summed E-state index contributed by atoms with van der Waals surface area (Å²) in [4.78, 5) is 7.21. The highest BCUT2D eigenvalue weighted by Gasteiger charge is 2.23. The van der Waals surface area contributed by atoms with Gasteiger partial charge in [0.1, 0.15) is 11.9 Å². The van der Waals surface area contributed by atoms with E-state index in [0.717, 1.165) is 0 Å². The first-order valence-corrected chi connectivity index (χ1v) is 4.15. The van der Waals surface area contributed by atoms with Crippen molar-refractivity contribution in [3.63, 3.8) is 0 Å². The molecule has 0 saturated carbocycles. The number of rotatable bonds is 2. The zero-order chi connectivity index (χ0) is 9.90. The molecule has 0 aromatic heterocycles. The standard InChI is InChI=1S/C9H13FN2O/c1-7(2)13-9(3)4-8(10)12-6-11-5-9/h4-7H,1-3H3. The maximum atomic E-state index is 12.9. The van der Waals surface area contributed by atoms with E-state index < -0.39 is 11.6 Å². The molecule has 0 saturated heterocycles. The summed E-state index contributed by atoms with van der Waals surface area (Å²) in [6.07, 6.45) is 4.02. The maximum Gasteiger partial charge on any atom is 0.213 e. The van der Waals surface area contributed by atoms with Crippen LogP contribution in [0.1, 0.15) is 20.8 Å². The average molecular weight is 184 g/mol. The van der Waals surface area contributed by atoms with Crippen LogP contribution in [0, 0.1) is 0 Å². The van der Waals surface area contributed by atoms with Gasteiger partial charge in [-0.3, -0.25) is 0 Å². The predicted octanol–water partition coefficient (Wildman–Crippen LogP) is 2.09. The first-order chi connectivity index (χ1) is 6.02. The van der Waals surface area contributed by atoms with Crippen molar-refractivity contribution in [2.45, 2.75) is 32.5 Å². The van der Waals surface area contributed by atoms with E-state index in [1.807, 2.05) is 13.8 Å². The molecular weight excluding hydrogens is 171 g/mol. The lowest BCUT2D eigenvalue weighted by Crippen LogP contribution is -2.31. The molecule has 13 heavy (non-hydrogen) atoms. The zero-order valence-corrected chi connectivity index (χ0v) is 7.99. The van der Waals surface area contributed by atoms with Crippen LogP contribution >= 0.6 is 0 Å². The second-order valence-corrected chi connectivity index (χ2v) is 3.34. The molecule has 1 aliphatic rings. The molecule has 0 aromatic rings. The second-order valence-electron chi connectivity index (χ2n) is 3.34. The monoisotopic (exact) mass is 184 g/mol. The summed E-state index contributed by atoms with van der Waals surface area (Å²) in [6.45, 7) is 5.51. The van der Waals surface area contributed by atoms with Gasteiger partial charge in [-0.15, -0.1) is 0 Å². The maximum absolute atomic E-state index is 12.9. The molecular formula is C9H13FN2O. The van der Waals surface area contributed by atoms with Crippen LogP contribution in [-0.4, -0.2) is 24.3 Å². The van der Waals surface area contributed by atoms with Crippen molar-refractivity contribution in [1.82, 2.24) is 0 Å². The third-order valence-electron chi connectivity index (χ3n) is 1.47. The van der Waals surface area contributed by atoms with E-state index >= 15 is 0 Å². The molecule has 0 aliphatic carbocycles. The van der Waals surface area contributed by atoms with Gasteiger partial charge in [0, 0.05) is 12.3 Å². The molecule has 1 heterocycles. The van der Waals surface area contributed by atoms with E-state index in [-0.39, 0.29) is 6.10 Å².